The summed E-state index contributed by atoms with van der Waals surface area (Å²) in [5.74, 6) is -0.432. The van der Waals surface area contributed by atoms with Crippen LogP contribution in [0.5, 0.6) is 0 Å². The molecule has 0 radical (unpaired) electrons. The van der Waals surface area contributed by atoms with Crippen LogP contribution in [0.1, 0.15) is 25.8 Å². The van der Waals surface area contributed by atoms with E-state index in [9.17, 15) is 8.78 Å². The van der Waals surface area contributed by atoms with E-state index in [0.29, 0.717) is 5.92 Å². The van der Waals surface area contributed by atoms with E-state index in [-0.39, 0.29) is 12.1 Å². The zero-order valence-electron chi connectivity index (χ0n) is 9.19. The lowest BCUT2D eigenvalue weighted by atomic mass is 10.1. The Hall–Kier alpha value is -0.960. The number of nitrogens with one attached hydrogen (secondary N) is 1. The summed E-state index contributed by atoms with van der Waals surface area (Å²) in [5, 5.41) is 3.05. The molecule has 15 heavy (non-hydrogen) atoms. The van der Waals surface area contributed by atoms with Crippen molar-refractivity contribution in [1.29, 1.82) is 0 Å². The predicted molar refractivity (Wildman–Crippen MR) is 57.5 cm³/mol. The maximum atomic E-state index is 13.2. The van der Waals surface area contributed by atoms with Crippen LogP contribution in [-0.2, 0) is 6.54 Å². The monoisotopic (exact) mass is 213 g/mol. The van der Waals surface area contributed by atoms with Crippen molar-refractivity contribution in [3.05, 3.63) is 35.4 Å². The van der Waals surface area contributed by atoms with Crippen molar-refractivity contribution in [1.82, 2.24) is 5.32 Å². The number of hydrogen-bond donors (Lipinski definition) is 1. The summed E-state index contributed by atoms with van der Waals surface area (Å²) in [7, 11) is 0. The molecule has 0 saturated carbocycles. The van der Waals surface area contributed by atoms with Gasteiger partial charge in [0.1, 0.15) is 11.6 Å². The molecule has 1 aromatic carbocycles. The van der Waals surface area contributed by atoms with Gasteiger partial charge in [0.15, 0.2) is 0 Å². The minimum absolute atomic E-state index is 0.126. The molecule has 1 rings (SSSR count). The highest BCUT2D eigenvalue weighted by Gasteiger charge is 2.07. The average Bonchev–Trinajstić information content (AvgIpc) is 2.22. The van der Waals surface area contributed by atoms with Gasteiger partial charge in [-0.15, -0.1) is 0 Å². The third-order valence-electron chi connectivity index (χ3n) is 2.55. The first-order chi connectivity index (χ1) is 7.15. The molecule has 0 bridgehead atoms. The van der Waals surface area contributed by atoms with Gasteiger partial charge in [0, 0.05) is 12.1 Å². The molecule has 0 spiro atoms. The molecule has 0 aliphatic rings. The molecule has 1 N–H and O–H groups in total. The van der Waals surface area contributed by atoms with Crippen LogP contribution >= 0.6 is 0 Å². The van der Waals surface area contributed by atoms with Gasteiger partial charge in [-0.1, -0.05) is 26.3 Å². The predicted octanol–water partition coefficient (Wildman–Crippen LogP) is 3.10. The van der Waals surface area contributed by atoms with Crippen molar-refractivity contribution >= 4 is 0 Å². The first-order valence-corrected chi connectivity index (χ1v) is 5.28. The molecule has 0 fully saturated rings. The molecule has 0 heterocycles. The second kappa shape index (κ2) is 5.81. The van der Waals surface area contributed by atoms with E-state index in [2.05, 4.69) is 19.2 Å². The van der Waals surface area contributed by atoms with E-state index < -0.39 is 11.6 Å². The lowest BCUT2D eigenvalue weighted by Crippen LogP contribution is -2.21. The van der Waals surface area contributed by atoms with Crippen molar-refractivity contribution in [3.8, 4) is 0 Å². The lowest BCUT2D eigenvalue weighted by Gasteiger charge is -2.10. The van der Waals surface area contributed by atoms with Gasteiger partial charge < -0.3 is 5.32 Å². The minimum atomic E-state index is -0.480. The number of hydrogen-bond acceptors (Lipinski definition) is 1. The summed E-state index contributed by atoms with van der Waals surface area (Å²) < 4.78 is 26.4. The van der Waals surface area contributed by atoms with Crippen molar-refractivity contribution in [2.75, 3.05) is 6.54 Å². The van der Waals surface area contributed by atoms with Gasteiger partial charge >= 0.3 is 0 Å². The van der Waals surface area contributed by atoms with Crippen molar-refractivity contribution in [3.63, 3.8) is 0 Å². The van der Waals surface area contributed by atoms with Crippen LogP contribution in [0.3, 0.4) is 0 Å². The van der Waals surface area contributed by atoms with Crippen LogP contribution in [0, 0.1) is 17.6 Å². The third-order valence-corrected chi connectivity index (χ3v) is 2.55. The first-order valence-electron chi connectivity index (χ1n) is 5.28. The van der Waals surface area contributed by atoms with Crippen LogP contribution in [0.4, 0.5) is 8.78 Å². The van der Waals surface area contributed by atoms with Gasteiger partial charge in [-0.3, -0.25) is 0 Å². The number of rotatable bonds is 5. The molecule has 0 saturated heterocycles. The molecular weight excluding hydrogens is 196 g/mol. The zero-order valence-corrected chi connectivity index (χ0v) is 9.19. The molecule has 1 unspecified atom stereocenters. The fourth-order valence-corrected chi connectivity index (χ4v) is 1.29. The lowest BCUT2D eigenvalue weighted by molar-refractivity contribution is 0.480. The average molecular weight is 213 g/mol. The summed E-state index contributed by atoms with van der Waals surface area (Å²) in [6.45, 7) is 5.23. The Bertz CT molecular complexity index is 292. The molecule has 84 valence electrons. The fourth-order valence-electron chi connectivity index (χ4n) is 1.29. The number of benzene rings is 1. The maximum Gasteiger partial charge on any atom is 0.130 e. The fraction of sp³-hybridized carbons (Fsp3) is 0.500. The van der Waals surface area contributed by atoms with Crippen LogP contribution < -0.4 is 5.32 Å². The van der Waals surface area contributed by atoms with Crippen molar-refractivity contribution < 1.29 is 8.78 Å². The van der Waals surface area contributed by atoms with Gasteiger partial charge in [0.2, 0.25) is 0 Å². The Kier molecular flexibility index (Phi) is 4.69. The molecule has 0 aromatic heterocycles. The van der Waals surface area contributed by atoms with Gasteiger partial charge in [-0.05, 0) is 24.6 Å². The highest BCUT2D eigenvalue weighted by molar-refractivity contribution is 5.19. The minimum Gasteiger partial charge on any atom is -0.312 e. The van der Waals surface area contributed by atoms with Crippen LogP contribution in [0.25, 0.3) is 0 Å². The van der Waals surface area contributed by atoms with Crippen LogP contribution in [0.15, 0.2) is 18.2 Å². The molecule has 0 aliphatic carbocycles. The summed E-state index contributed by atoms with van der Waals surface area (Å²) >= 11 is 0. The topological polar surface area (TPSA) is 12.0 Å². The quantitative estimate of drug-likeness (QED) is 0.792. The number of halogens is 2. The highest BCUT2D eigenvalue weighted by atomic mass is 19.1. The second-order valence-electron chi connectivity index (χ2n) is 3.84. The Morgan fingerprint density at radius 3 is 2.40 bits per heavy atom. The summed E-state index contributed by atoms with van der Waals surface area (Å²) in [6.07, 6.45) is 1.06. The van der Waals surface area contributed by atoms with Gasteiger partial charge in [0.05, 0.1) is 0 Å². The SMILES string of the molecule is CCC(C)CNCc1c(F)cccc1F. The molecule has 0 aliphatic heterocycles. The summed E-state index contributed by atoms with van der Waals surface area (Å²) in [4.78, 5) is 0. The Morgan fingerprint density at radius 1 is 1.27 bits per heavy atom. The van der Waals surface area contributed by atoms with E-state index in [1.165, 1.54) is 18.2 Å². The molecule has 1 nitrogen and oxygen atoms in total. The maximum absolute atomic E-state index is 13.2. The van der Waals surface area contributed by atoms with E-state index in [1.807, 2.05) is 0 Å². The summed E-state index contributed by atoms with van der Waals surface area (Å²) in [5.41, 5.74) is 0.126. The molecule has 3 heteroatoms. The zero-order chi connectivity index (χ0) is 11.3. The van der Waals surface area contributed by atoms with Crippen LogP contribution in [0.2, 0.25) is 0 Å². The molecule has 1 atom stereocenters. The first kappa shape index (κ1) is 12.1. The Balaban J connectivity index is 2.50. The summed E-state index contributed by atoms with van der Waals surface area (Å²) in [6, 6.07) is 3.94. The van der Waals surface area contributed by atoms with E-state index in [1.54, 1.807) is 0 Å². The van der Waals surface area contributed by atoms with E-state index >= 15 is 0 Å². The second-order valence-corrected chi connectivity index (χ2v) is 3.84. The van der Waals surface area contributed by atoms with Gasteiger partial charge in [-0.2, -0.15) is 0 Å². The Labute approximate surface area is 89.5 Å². The molecular formula is C12H17F2N. The van der Waals surface area contributed by atoms with E-state index in [0.717, 1.165) is 13.0 Å². The third kappa shape index (κ3) is 3.59. The van der Waals surface area contributed by atoms with E-state index in [4.69, 9.17) is 0 Å². The highest BCUT2D eigenvalue weighted by Crippen LogP contribution is 2.11. The smallest absolute Gasteiger partial charge is 0.130 e. The van der Waals surface area contributed by atoms with Gasteiger partial charge in [-0.25, -0.2) is 8.78 Å². The van der Waals surface area contributed by atoms with Crippen molar-refractivity contribution in [2.24, 2.45) is 5.92 Å². The van der Waals surface area contributed by atoms with Crippen molar-refractivity contribution in [2.45, 2.75) is 26.8 Å². The molecule has 1 aromatic rings. The normalized spacial score (nSPS) is 12.8. The largest absolute Gasteiger partial charge is 0.312 e. The Morgan fingerprint density at radius 2 is 1.87 bits per heavy atom. The molecule has 0 amide bonds. The standard InChI is InChI=1S/C12H17F2N/c1-3-9(2)7-15-8-10-11(13)5-4-6-12(10)14/h4-6,9,15H,3,7-8H2,1-2H3. The van der Waals surface area contributed by atoms with Gasteiger partial charge in [0.25, 0.3) is 0 Å². The van der Waals surface area contributed by atoms with Crippen LogP contribution in [-0.4, -0.2) is 6.54 Å².